The Morgan fingerprint density at radius 2 is 1.94 bits per heavy atom. The highest BCUT2D eigenvalue weighted by Crippen LogP contribution is 2.22. The van der Waals surface area contributed by atoms with E-state index in [1.165, 1.54) is 36.8 Å². The van der Waals surface area contributed by atoms with Gasteiger partial charge in [-0.15, -0.1) is 0 Å². The molecule has 1 aromatic carbocycles. The van der Waals surface area contributed by atoms with Crippen LogP contribution in [0.3, 0.4) is 0 Å². The molecule has 0 heterocycles. The highest BCUT2D eigenvalue weighted by Gasteiger charge is 2.09. The van der Waals surface area contributed by atoms with Crippen molar-refractivity contribution in [2.24, 2.45) is 5.92 Å². The number of benzene rings is 1. The van der Waals surface area contributed by atoms with Gasteiger partial charge in [0.15, 0.2) is 0 Å². The van der Waals surface area contributed by atoms with E-state index >= 15 is 0 Å². The maximum Gasteiger partial charge on any atom is -0.0193 e. The van der Waals surface area contributed by atoms with Crippen molar-refractivity contribution in [2.75, 3.05) is 0 Å². The Morgan fingerprint density at radius 1 is 1.19 bits per heavy atom. The Kier molecular flexibility index (Phi) is 3.82. The summed E-state index contributed by atoms with van der Waals surface area (Å²) in [5.74, 6) is 1.42. The van der Waals surface area contributed by atoms with E-state index in [0.29, 0.717) is 5.92 Å². The molecule has 0 aliphatic heterocycles. The van der Waals surface area contributed by atoms with Gasteiger partial charge in [-0.05, 0) is 48.6 Å². The topological polar surface area (TPSA) is 0 Å². The maximum atomic E-state index is 2.40. The minimum atomic E-state index is 0.642. The van der Waals surface area contributed by atoms with Crippen LogP contribution in [0.2, 0.25) is 0 Å². The summed E-state index contributed by atoms with van der Waals surface area (Å²) in [7, 11) is 0. The SMILES string of the molecule is CC(C)c1ccc(CC2C=CCCC2)cc1. The summed E-state index contributed by atoms with van der Waals surface area (Å²) >= 11 is 0. The first kappa shape index (κ1) is 11.4. The highest BCUT2D eigenvalue weighted by molar-refractivity contribution is 5.25. The van der Waals surface area contributed by atoms with E-state index in [4.69, 9.17) is 0 Å². The molecule has 0 N–H and O–H groups in total. The molecule has 2 rings (SSSR count). The molecule has 0 bridgehead atoms. The van der Waals surface area contributed by atoms with E-state index in [9.17, 15) is 0 Å². The standard InChI is InChI=1S/C16H22/c1-13(2)16-10-8-15(9-11-16)12-14-6-4-3-5-7-14/h4,6,8-11,13-14H,3,5,7,12H2,1-2H3. The van der Waals surface area contributed by atoms with Crippen LogP contribution in [0.15, 0.2) is 36.4 Å². The zero-order valence-corrected chi connectivity index (χ0v) is 10.4. The van der Waals surface area contributed by atoms with Gasteiger partial charge in [0.2, 0.25) is 0 Å². The Balaban J connectivity index is 1.99. The van der Waals surface area contributed by atoms with Crippen molar-refractivity contribution in [1.82, 2.24) is 0 Å². The van der Waals surface area contributed by atoms with Crippen molar-refractivity contribution in [1.29, 1.82) is 0 Å². The van der Waals surface area contributed by atoms with Gasteiger partial charge in [-0.2, -0.15) is 0 Å². The lowest BCUT2D eigenvalue weighted by atomic mass is 9.89. The fraction of sp³-hybridized carbons (Fsp3) is 0.500. The van der Waals surface area contributed by atoms with Gasteiger partial charge in [0.1, 0.15) is 0 Å². The van der Waals surface area contributed by atoms with Gasteiger partial charge in [-0.3, -0.25) is 0 Å². The average Bonchev–Trinajstić information content (AvgIpc) is 2.31. The first-order chi connectivity index (χ1) is 7.75. The van der Waals surface area contributed by atoms with E-state index in [0.717, 1.165) is 5.92 Å². The van der Waals surface area contributed by atoms with Gasteiger partial charge in [0.05, 0.1) is 0 Å². The second kappa shape index (κ2) is 5.34. The van der Waals surface area contributed by atoms with E-state index in [-0.39, 0.29) is 0 Å². The van der Waals surface area contributed by atoms with Crippen LogP contribution >= 0.6 is 0 Å². The van der Waals surface area contributed by atoms with Crippen LogP contribution < -0.4 is 0 Å². The summed E-state index contributed by atoms with van der Waals surface area (Å²) < 4.78 is 0. The van der Waals surface area contributed by atoms with Gasteiger partial charge >= 0.3 is 0 Å². The highest BCUT2D eigenvalue weighted by atomic mass is 14.1. The van der Waals surface area contributed by atoms with Gasteiger partial charge in [0, 0.05) is 0 Å². The minimum Gasteiger partial charge on any atom is -0.0882 e. The quantitative estimate of drug-likeness (QED) is 0.639. The average molecular weight is 214 g/mol. The van der Waals surface area contributed by atoms with E-state index < -0.39 is 0 Å². The summed E-state index contributed by atoms with van der Waals surface area (Å²) in [6.07, 6.45) is 9.97. The van der Waals surface area contributed by atoms with Gasteiger partial charge < -0.3 is 0 Å². The fourth-order valence-corrected chi connectivity index (χ4v) is 2.39. The van der Waals surface area contributed by atoms with E-state index in [1.54, 1.807) is 0 Å². The number of hydrogen-bond acceptors (Lipinski definition) is 0. The molecule has 0 amide bonds. The lowest BCUT2D eigenvalue weighted by Gasteiger charge is -2.16. The molecule has 0 saturated heterocycles. The molecule has 86 valence electrons. The Morgan fingerprint density at radius 3 is 2.50 bits per heavy atom. The molecule has 0 aromatic heterocycles. The Labute approximate surface area is 99.4 Å². The molecule has 0 radical (unpaired) electrons. The molecule has 0 saturated carbocycles. The smallest absolute Gasteiger partial charge is 0.0193 e. The van der Waals surface area contributed by atoms with Crippen LogP contribution in [0.1, 0.15) is 50.2 Å². The summed E-state index contributed by atoms with van der Waals surface area (Å²) in [6, 6.07) is 9.18. The zero-order valence-electron chi connectivity index (χ0n) is 10.4. The normalized spacial score (nSPS) is 20.3. The van der Waals surface area contributed by atoms with Crippen molar-refractivity contribution < 1.29 is 0 Å². The molecule has 0 nitrogen and oxygen atoms in total. The fourth-order valence-electron chi connectivity index (χ4n) is 2.39. The van der Waals surface area contributed by atoms with Crippen LogP contribution in [0, 0.1) is 5.92 Å². The number of hydrogen-bond donors (Lipinski definition) is 0. The Bertz CT molecular complexity index is 343. The lowest BCUT2D eigenvalue weighted by Crippen LogP contribution is -2.04. The molecule has 1 atom stereocenters. The van der Waals surface area contributed by atoms with Crippen LogP contribution in [0.5, 0.6) is 0 Å². The molecule has 0 spiro atoms. The van der Waals surface area contributed by atoms with E-state index in [2.05, 4.69) is 50.3 Å². The van der Waals surface area contributed by atoms with Crippen LogP contribution in [0.25, 0.3) is 0 Å². The van der Waals surface area contributed by atoms with Crippen molar-refractivity contribution in [3.63, 3.8) is 0 Å². The molecule has 0 heteroatoms. The van der Waals surface area contributed by atoms with Gasteiger partial charge in [-0.25, -0.2) is 0 Å². The lowest BCUT2D eigenvalue weighted by molar-refractivity contribution is 0.538. The predicted molar refractivity (Wildman–Crippen MR) is 70.7 cm³/mol. The molecular formula is C16H22. The Hall–Kier alpha value is -1.04. The molecular weight excluding hydrogens is 192 g/mol. The third-order valence-electron chi connectivity index (χ3n) is 3.50. The third-order valence-corrected chi connectivity index (χ3v) is 3.50. The summed E-state index contributed by atoms with van der Waals surface area (Å²) in [6.45, 7) is 4.50. The minimum absolute atomic E-state index is 0.642. The van der Waals surface area contributed by atoms with Crippen LogP contribution in [-0.2, 0) is 6.42 Å². The summed E-state index contributed by atoms with van der Waals surface area (Å²) in [4.78, 5) is 0. The first-order valence-electron chi connectivity index (χ1n) is 6.51. The van der Waals surface area contributed by atoms with Crippen LogP contribution in [-0.4, -0.2) is 0 Å². The maximum absolute atomic E-state index is 2.40. The summed E-state index contributed by atoms with van der Waals surface area (Å²) in [5.41, 5.74) is 2.93. The third kappa shape index (κ3) is 2.98. The van der Waals surface area contributed by atoms with Gasteiger partial charge in [0.25, 0.3) is 0 Å². The van der Waals surface area contributed by atoms with E-state index in [1.807, 2.05) is 0 Å². The zero-order chi connectivity index (χ0) is 11.4. The van der Waals surface area contributed by atoms with Crippen molar-refractivity contribution in [2.45, 2.75) is 45.4 Å². The molecule has 0 fully saturated rings. The molecule has 1 unspecified atom stereocenters. The van der Waals surface area contributed by atoms with Crippen molar-refractivity contribution in [3.05, 3.63) is 47.5 Å². The molecule has 1 aliphatic carbocycles. The van der Waals surface area contributed by atoms with Crippen LogP contribution in [0.4, 0.5) is 0 Å². The second-order valence-electron chi connectivity index (χ2n) is 5.22. The molecule has 16 heavy (non-hydrogen) atoms. The van der Waals surface area contributed by atoms with Gasteiger partial charge in [-0.1, -0.05) is 50.3 Å². The largest absolute Gasteiger partial charge is 0.0882 e. The molecule has 1 aliphatic rings. The predicted octanol–water partition coefficient (Wildman–Crippen LogP) is 4.71. The molecule has 1 aromatic rings. The van der Waals surface area contributed by atoms with Crippen molar-refractivity contribution >= 4 is 0 Å². The number of allylic oxidation sites excluding steroid dienone is 2. The number of rotatable bonds is 3. The second-order valence-corrected chi connectivity index (χ2v) is 5.22. The monoisotopic (exact) mass is 214 g/mol. The van der Waals surface area contributed by atoms with Crippen molar-refractivity contribution in [3.8, 4) is 0 Å². The summed E-state index contributed by atoms with van der Waals surface area (Å²) in [5, 5.41) is 0. The first-order valence-corrected chi connectivity index (χ1v) is 6.51.